The Bertz CT molecular complexity index is 755. The van der Waals surface area contributed by atoms with Crippen LogP contribution in [0.4, 0.5) is 0 Å². The molecule has 0 aliphatic carbocycles. The first-order valence-electron chi connectivity index (χ1n) is 8.53. The molecule has 2 rings (SSSR count). The summed E-state index contributed by atoms with van der Waals surface area (Å²) in [5.74, 6) is -0.210. The van der Waals surface area contributed by atoms with Gasteiger partial charge in [0.2, 0.25) is 11.8 Å². The molecule has 0 aliphatic rings. The number of benzene rings is 2. The summed E-state index contributed by atoms with van der Waals surface area (Å²) in [6.45, 7) is 6.20. The quantitative estimate of drug-likeness (QED) is 0.880. The first-order valence-corrected chi connectivity index (χ1v) is 8.53. The molecule has 0 unspecified atom stereocenters. The normalized spacial score (nSPS) is 11.7. The molecule has 2 aromatic rings. The number of aryl methyl sites for hydroxylation is 2. The van der Waals surface area contributed by atoms with Crippen molar-refractivity contribution >= 4 is 11.8 Å². The Labute approximate surface area is 149 Å². The van der Waals surface area contributed by atoms with Gasteiger partial charge in [0.15, 0.2) is 0 Å². The van der Waals surface area contributed by atoms with Crippen LogP contribution in [0.3, 0.4) is 0 Å². The number of rotatable bonds is 6. The topological polar surface area (TPSA) is 49.4 Å². The van der Waals surface area contributed by atoms with E-state index in [9.17, 15) is 9.59 Å². The Hall–Kier alpha value is -2.62. The van der Waals surface area contributed by atoms with Crippen molar-refractivity contribution in [3.8, 4) is 0 Å². The van der Waals surface area contributed by atoms with E-state index < -0.39 is 6.04 Å². The summed E-state index contributed by atoms with van der Waals surface area (Å²) >= 11 is 0. The standard InChI is InChI=1S/C21H26N2O2/c1-15-8-7-10-18(12-15)14-23(17(3)21(25)22-4)20(24)13-19-11-6-5-9-16(19)2/h5-12,17H,13-14H2,1-4H3,(H,22,25)/t17-/m1/s1. The number of hydrogen-bond acceptors (Lipinski definition) is 2. The zero-order chi connectivity index (χ0) is 18.4. The van der Waals surface area contributed by atoms with E-state index >= 15 is 0 Å². The number of nitrogens with zero attached hydrogens (tertiary/aromatic N) is 1. The van der Waals surface area contributed by atoms with Gasteiger partial charge in [0, 0.05) is 13.6 Å². The van der Waals surface area contributed by atoms with Crippen LogP contribution in [0.1, 0.15) is 29.2 Å². The number of hydrogen-bond donors (Lipinski definition) is 1. The second-order valence-electron chi connectivity index (χ2n) is 6.40. The van der Waals surface area contributed by atoms with Crippen molar-refractivity contribution < 1.29 is 9.59 Å². The molecule has 0 spiro atoms. The highest BCUT2D eigenvalue weighted by molar-refractivity contribution is 5.88. The van der Waals surface area contributed by atoms with Crippen molar-refractivity contribution in [1.82, 2.24) is 10.2 Å². The molecule has 4 nitrogen and oxygen atoms in total. The van der Waals surface area contributed by atoms with Gasteiger partial charge >= 0.3 is 0 Å². The number of carbonyl (C=O) groups is 2. The van der Waals surface area contributed by atoms with E-state index in [1.807, 2.05) is 62.4 Å². The molecule has 2 aromatic carbocycles. The van der Waals surface area contributed by atoms with E-state index in [2.05, 4.69) is 5.32 Å². The molecule has 0 saturated carbocycles. The van der Waals surface area contributed by atoms with Gasteiger partial charge in [-0.3, -0.25) is 9.59 Å². The van der Waals surface area contributed by atoms with Gasteiger partial charge in [-0.1, -0.05) is 54.1 Å². The summed E-state index contributed by atoms with van der Waals surface area (Å²) in [6.07, 6.45) is 0.291. The highest BCUT2D eigenvalue weighted by Crippen LogP contribution is 2.15. The Morgan fingerprint density at radius 3 is 2.44 bits per heavy atom. The number of amides is 2. The van der Waals surface area contributed by atoms with Crippen molar-refractivity contribution in [3.05, 3.63) is 70.8 Å². The van der Waals surface area contributed by atoms with E-state index in [1.165, 1.54) is 0 Å². The number of likely N-dealkylation sites (N-methyl/N-ethyl adjacent to an activating group) is 1. The maximum atomic E-state index is 13.0. The van der Waals surface area contributed by atoms with Gasteiger partial charge in [-0.2, -0.15) is 0 Å². The van der Waals surface area contributed by atoms with Crippen LogP contribution in [0, 0.1) is 13.8 Å². The zero-order valence-electron chi connectivity index (χ0n) is 15.4. The molecular weight excluding hydrogens is 312 g/mol. The van der Waals surface area contributed by atoms with E-state index in [0.29, 0.717) is 13.0 Å². The fourth-order valence-electron chi connectivity index (χ4n) is 2.87. The fourth-order valence-corrected chi connectivity index (χ4v) is 2.87. The Morgan fingerprint density at radius 2 is 1.80 bits per heavy atom. The van der Waals surface area contributed by atoms with Crippen molar-refractivity contribution in [2.24, 2.45) is 0 Å². The average Bonchev–Trinajstić information content (AvgIpc) is 2.60. The smallest absolute Gasteiger partial charge is 0.242 e. The highest BCUT2D eigenvalue weighted by Gasteiger charge is 2.25. The molecule has 0 aliphatic heterocycles. The molecule has 1 N–H and O–H groups in total. The molecule has 1 atom stereocenters. The van der Waals surface area contributed by atoms with Crippen LogP contribution in [0.2, 0.25) is 0 Å². The van der Waals surface area contributed by atoms with E-state index in [1.54, 1.807) is 18.9 Å². The summed E-state index contributed by atoms with van der Waals surface area (Å²) < 4.78 is 0. The van der Waals surface area contributed by atoms with E-state index in [4.69, 9.17) is 0 Å². The molecule has 2 amide bonds. The van der Waals surface area contributed by atoms with Crippen LogP contribution in [-0.4, -0.2) is 29.8 Å². The molecule has 0 aromatic heterocycles. The molecule has 0 saturated heterocycles. The zero-order valence-corrected chi connectivity index (χ0v) is 15.4. The summed E-state index contributed by atoms with van der Waals surface area (Å²) in [5.41, 5.74) is 4.23. The summed E-state index contributed by atoms with van der Waals surface area (Å²) in [7, 11) is 1.59. The van der Waals surface area contributed by atoms with Gasteiger partial charge in [0.25, 0.3) is 0 Å². The van der Waals surface area contributed by atoms with Crippen LogP contribution in [0.15, 0.2) is 48.5 Å². The van der Waals surface area contributed by atoms with E-state index in [-0.39, 0.29) is 11.8 Å². The number of nitrogens with one attached hydrogen (secondary N) is 1. The lowest BCUT2D eigenvalue weighted by Gasteiger charge is -2.28. The van der Waals surface area contributed by atoms with Crippen LogP contribution < -0.4 is 5.32 Å². The maximum absolute atomic E-state index is 13.0. The third kappa shape index (κ3) is 4.92. The monoisotopic (exact) mass is 338 g/mol. The third-order valence-corrected chi connectivity index (χ3v) is 4.45. The minimum atomic E-state index is -0.526. The predicted octanol–water partition coefficient (Wildman–Crippen LogP) is 3.01. The van der Waals surface area contributed by atoms with Crippen LogP contribution in [0.5, 0.6) is 0 Å². The molecule has 132 valence electrons. The SMILES string of the molecule is CNC(=O)[C@@H](C)N(Cc1cccc(C)c1)C(=O)Cc1ccccc1C. The lowest BCUT2D eigenvalue weighted by molar-refractivity contribution is -0.139. The van der Waals surface area contributed by atoms with Crippen LogP contribution in [0.25, 0.3) is 0 Å². The minimum Gasteiger partial charge on any atom is -0.357 e. The van der Waals surface area contributed by atoms with Crippen molar-refractivity contribution in [1.29, 1.82) is 0 Å². The van der Waals surface area contributed by atoms with Gasteiger partial charge in [0.1, 0.15) is 6.04 Å². The summed E-state index contributed by atoms with van der Waals surface area (Å²) in [6, 6.07) is 15.3. The highest BCUT2D eigenvalue weighted by atomic mass is 16.2. The van der Waals surface area contributed by atoms with Crippen molar-refractivity contribution in [2.45, 2.75) is 39.8 Å². The molecule has 0 radical (unpaired) electrons. The second-order valence-corrected chi connectivity index (χ2v) is 6.40. The molecular formula is C21H26N2O2. The molecule has 0 fully saturated rings. The number of carbonyl (C=O) groups excluding carboxylic acids is 2. The Morgan fingerprint density at radius 1 is 1.08 bits per heavy atom. The van der Waals surface area contributed by atoms with Gasteiger partial charge in [-0.05, 0) is 37.5 Å². The molecule has 4 heteroatoms. The van der Waals surface area contributed by atoms with Crippen LogP contribution in [-0.2, 0) is 22.6 Å². The molecule has 25 heavy (non-hydrogen) atoms. The lowest BCUT2D eigenvalue weighted by Crippen LogP contribution is -2.47. The average molecular weight is 338 g/mol. The maximum Gasteiger partial charge on any atom is 0.242 e. The minimum absolute atomic E-state index is 0.0492. The third-order valence-electron chi connectivity index (χ3n) is 4.45. The lowest BCUT2D eigenvalue weighted by atomic mass is 10.0. The van der Waals surface area contributed by atoms with Crippen LogP contribution >= 0.6 is 0 Å². The Balaban J connectivity index is 2.25. The van der Waals surface area contributed by atoms with Crippen molar-refractivity contribution in [2.75, 3.05) is 7.05 Å². The first kappa shape index (κ1) is 18.7. The molecule has 0 bridgehead atoms. The van der Waals surface area contributed by atoms with Gasteiger partial charge < -0.3 is 10.2 Å². The van der Waals surface area contributed by atoms with Gasteiger partial charge in [-0.25, -0.2) is 0 Å². The largest absolute Gasteiger partial charge is 0.357 e. The second kappa shape index (κ2) is 8.47. The fraction of sp³-hybridized carbons (Fsp3) is 0.333. The Kier molecular flexibility index (Phi) is 6.34. The van der Waals surface area contributed by atoms with Gasteiger partial charge in [-0.15, -0.1) is 0 Å². The predicted molar refractivity (Wildman–Crippen MR) is 100 cm³/mol. The molecule has 0 heterocycles. The summed E-state index contributed by atoms with van der Waals surface area (Å²) in [4.78, 5) is 26.7. The first-order chi connectivity index (χ1) is 11.9. The van der Waals surface area contributed by atoms with E-state index in [0.717, 1.165) is 22.3 Å². The van der Waals surface area contributed by atoms with Gasteiger partial charge in [0.05, 0.1) is 6.42 Å². The van der Waals surface area contributed by atoms with Crippen molar-refractivity contribution in [3.63, 3.8) is 0 Å². The summed E-state index contributed by atoms with van der Waals surface area (Å²) in [5, 5.41) is 2.64.